The number of carboxylic acids is 2. The first kappa shape index (κ1) is 25.0. The van der Waals surface area contributed by atoms with Crippen molar-refractivity contribution in [1.29, 1.82) is 0 Å². The number of carbonyl (C=O) groups is 2. The lowest BCUT2D eigenvalue weighted by Crippen LogP contribution is -2.12. The Morgan fingerprint density at radius 1 is 1.00 bits per heavy atom. The number of hydrogen-bond donors (Lipinski definition) is 2. The summed E-state index contributed by atoms with van der Waals surface area (Å²) in [5.41, 5.74) is 5.72. The summed E-state index contributed by atoms with van der Waals surface area (Å²) in [6.45, 7) is 5.66. The minimum Gasteiger partial charge on any atom is -0.489 e. The van der Waals surface area contributed by atoms with Crippen LogP contribution in [0.5, 0.6) is 5.75 Å². The topological polar surface area (TPSA) is 105 Å². The van der Waals surface area contributed by atoms with Gasteiger partial charge in [0.15, 0.2) is 0 Å². The third kappa shape index (κ3) is 4.96. The SMILES string of the molecule is CON=C(C)c1ccc(OCc2c(-c3c(C(=O)O)ccc(C)c3C(=O)O)cccc2C2CC2)c(C)c1. The number of ether oxygens (including phenoxy) is 1. The Morgan fingerprint density at radius 2 is 1.75 bits per heavy atom. The number of aromatic carboxylic acids is 2. The predicted octanol–water partition coefficient (Wildman–Crippen LogP) is 6.19. The monoisotopic (exact) mass is 487 g/mol. The summed E-state index contributed by atoms with van der Waals surface area (Å²) in [6.07, 6.45) is 2.07. The van der Waals surface area contributed by atoms with Crippen molar-refractivity contribution in [3.63, 3.8) is 0 Å². The molecule has 7 heteroatoms. The van der Waals surface area contributed by atoms with E-state index in [1.165, 1.54) is 19.2 Å². The highest BCUT2D eigenvalue weighted by Crippen LogP contribution is 2.45. The van der Waals surface area contributed by atoms with E-state index in [0.29, 0.717) is 22.8 Å². The fourth-order valence-corrected chi connectivity index (χ4v) is 4.59. The van der Waals surface area contributed by atoms with Crippen LogP contribution in [0.3, 0.4) is 0 Å². The van der Waals surface area contributed by atoms with Crippen molar-refractivity contribution >= 4 is 17.7 Å². The van der Waals surface area contributed by atoms with Crippen LogP contribution in [-0.2, 0) is 11.4 Å². The van der Waals surface area contributed by atoms with Gasteiger partial charge in [-0.05, 0) is 91.6 Å². The molecule has 0 unspecified atom stereocenters. The molecule has 0 saturated heterocycles. The van der Waals surface area contributed by atoms with Gasteiger partial charge in [-0.2, -0.15) is 0 Å². The molecule has 36 heavy (non-hydrogen) atoms. The number of benzene rings is 3. The highest BCUT2D eigenvalue weighted by atomic mass is 16.6. The van der Waals surface area contributed by atoms with Gasteiger partial charge in [-0.15, -0.1) is 0 Å². The van der Waals surface area contributed by atoms with E-state index < -0.39 is 11.9 Å². The average molecular weight is 488 g/mol. The average Bonchev–Trinajstić information content (AvgIpc) is 3.68. The van der Waals surface area contributed by atoms with Gasteiger partial charge in [-0.25, -0.2) is 9.59 Å². The summed E-state index contributed by atoms with van der Waals surface area (Å²) in [5.74, 6) is -1.29. The maximum absolute atomic E-state index is 12.2. The Bertz CT molecular complexity index is 1370. The van der Waals surface area contributed by atoms with E-state index in [0.717, 1.165) is 40.8 Å². The molecule has 1 saturated carbocycles. The summed E-state index contributed by atoms with van der Waals surface area (Å²) in [7, 11) is 1.50. The Balaban J connectivity index is 1.81. The van der Waals surface area contributed by atoms with Crippen molar-refractivity contribution in [2.24, 2.45) is 5.16 Å². The van der Waals surface area contributed by atoms with Crippen LogP contribution in [-0.4, -0.2) is 35.0 Å². The van der Waals surface area contributed by atoms with E-state index in [2.05, 4.69) is 5.16 Å². The second-order valence-electron chi connectivity index (χ2n) is 9.07. The molecule has 7 nitrogen and oxygen atoms in total. The van der Waals surface area contributed by atoms with Gasteiger partial charge < -0.3 is 19.8 Å². The quantitative estimate of drug-likeness (QED) is 0.275. The summed E-state index contributed by atoms with van der Waals surface area (Å²) in [5, 5.41) is 23.9. The van der Waals surface area contributed by atoms with Gasteiger partial charge in [0, 0.05) is 11.1 Å². The molecule has 1 aliphatic rings. The van der Waals surface area contributed by atoms with Crippen LogP contribution in [0.1, 0.15) is 74.2 Å². The maximum Gasteiger partial charge on any atom is 0.336 e. The van der Waals surface area contributed by atoms with Crippen molar-refractivity contribution in [2.75, 3.05) is 7.11 Å². The number of nitrogens with zero attached hydrogens (tertiary/aromatic N) is 1. The fourth-order valence-electron chi connectivity index (χ4n) is 4.59. The van der Waals surface area contributed by atoms with Gasteiger partial charge in [0.05, 0.1) is 16.8 Å². The molecule has 3 aromatic carbocycles. The van der Waals surface area contributed by atoms with Crippen LogP contribution in [0.2, 0.25) is 0 Å². The Kier molecular flexibility index (Phi) is 7.10. The minimum absolute atomic E-state index is 0.00228. The van der Waals surface area contributed by atoms with Gasteiger partial charge in [-0.3, -0.25) is 0 Å². The van der Waals surface area contributed by atoms with Crippen LogP contribution >= 0.6 is 0 Å². The van der Waals surface area contributed by atoms with Gasteiger partial charge in [0.25, 0.3) is 0 Å². The maximum atomic E-state index is 12.2. The van der Waals surface area contributed by atoms with Crippen molar-refractivity contribution in [1.82, 2.24) is 0 Å². The van der Waals surface area contributed by atoms with Gasteiger partial charge in [0.1, 0.15) is 19.5 Å². The molecule has 0 spiro atoms. The van der Waals surface area contributed by atoms with E-state index in [9.17, 15) is 19.8 Å². The third-order valence-electron chi connectivity index (χ3n) is 6.55. The molecule has 3 aromatic rings. The number of oxime groups is 1. The molecule has 0 bridgehead atoms. The lowest BCUT2D eigenvalue weighted by atomic mass is 9.86. The van der Waals surface area contributed by atoms with Gasteiger partial charge >= 0.3 is 11.9 Å². The molecule has 1 aliphatic carbocycles. The third-order valence-corrected chi connectivity index (χ3v) is 6.55. The first-order chi connectivity index (χ1) is 17.2. The molecule has 0 amide bonds. The molecular formula is C29H29NO6. The molecule has 0 aliphatic heterocycles. The summed E-state index contributed by atoms with van der Waals surface area (Å²) in [4.78, 5) is 29.3. The van der Waals surface area contributed by atoms with E-state index in [4.69, 9.17) is 9.57 Å². The first-order valence-corrected chi connectivity index (χ1v) is 11.8. The highest BCUT2D eigenvalue weighted by Gasteiger charge is 2.30. The van der Waals surface area contributed by atoms with Gasteiger partial charge in [0.2, 0.25) is 0 Å². The predicted molar refractivity (Wildman–Crippen MR) is 137 cm³/mol. The van der Waals surface area contributed by atoms with Gasteiger partial charge in [-0.1, -0.05) is 29.4 Å². The van der Waals surface area contributed by atoms with Crippen LogP contribution in [0, 0.1) is 13.8 Å². The van der Waals surface area contributed by atoms with Crippen LogP contribution in [0.25, 0.3) is 11.1 Å². The largest absolute Gasteiger partial charge is 0.489 e. The Labute approximate surface area is 210 Å². The summed E-state index contributed by atoms with van der Waals surface area (Å²) in [6, 6.07) is 14.4. The zero-order valence-electron chi connectivity index (χ0n) is 20.8. The molecule has 1 fully saturated rings. The Morgan fingerprint density at radius 3 is 2.36 bits per heavy atom. The van der Waals surface area contributed by atoms with E-state index in [-0.39, 0.29) is 23.3 Å². The zero-order chi connectivity index (χ0) is 26.0. The summed E-state index contributed by atoms with van der Waals surface area (Å²) >= 11 is 0. The molecule has 0 atom stereocenters. The zero-order valence-corrected chi connectivity index (χ0v) is 20.8. The molecule has 0 radical (unpaired) electrons. The van der Waals surface area contributed by atoms with Crippen molar-refractivity contribution < 1.29 is 29.4 Å². The molecular weight excluding hydrogens is 458 g/mol. The second-order valence-corrected chi connectivity index (χ2v) is 9.07. The highest BCUT2D eigenvalue weighted by molar-refractivity contribution is 6.06. The smallest absolute Gasteiger partial charge is 0.336 e. The molecule has 0 heterocycles. The lowest BCUT2D eigenvalue weighted by Gasteiger charge is -2.20. The van der Waals surface area contributed by atoms with E-state index >= 15 is 0 Å². The molecule has 186 valence electrons. The molecule has 4 rings (SSSR count). The number of rotatable bonds is 9. The normalized spacial score (nSPS) is 13.4. The van der Waals surface area contributed by atoms with Crippen LogP contribution in [0.4, 0.5) is 0 Å². The van der Waals surface area contributed by atoms with Crippen molar-refractivity contribution in [3.05, 3.63) is 87.5 Å². The van der Waals surface area contributed by atoms with Crippen LogP contribution < -0.4 is 4.74 Å². The lowest BCUT2D eigenvalue weighted by molar-refractivity contribution is 0.0695. The Hall–Kier alpha value is -4.13. The standard InChI is InChI=1S/C29H29NO6/c1-16-8-12-23(28(31)32)27(26(16)29(33)34)22-7-5-6-21(19-9-10-19)24(22)15-36-25-13-11-20(14-17(25)2)18(3)30-35-4/h5-8,11-14,19H,9-10,15H2,1-4H3,(H,31,32)(H,33,34). The fraction of sp³-hybridized carbons (Fsp3) is 0.276. The summed E-state index contributed by atoms with van der Waals surface area (Å²) < 4.78 is 6.26. The number of hydrogen-bond acceptors (Lipinski definition) is 5. The van der Waals surface area contributed by atoms with Crippen molar-refractivity contribution in [3.8, 4) is 16.9 Å². The number of carboxylic acid groups (broad SMARTS) is 2. The van der Waals surface area contributed by atoms with Crippen molar-refractivity contribution in [2.45, 2.75) is 46.1 Å². The first-order valence-electron chi connectivity index (χ1n) is 11.8. The number of aryl methyl sites for hydroxylation is 2. The second kappa shape index (κ2) is 10.2. The van der Waals surface area contributed by atoms with E-state index in [1.807, 2.05) is 44.2 Å². The molecule has 0 aromatic heterocycles. The molecule has 2 N–H and O–H groups in total. The van der Waals surface area contributed by atoms with Crippen LogP contribution in [0.15, 0.2) is 53.7 Å². The van der Waals surface area contributed by atoms with E-state index in [1.54, 1.807) is 13.0 Å². The minimum atomic E-state index is -1.17.